The van der Waals surface area contributed by atoms with E-state index in [9.17, 15) is 9.59 Å². The van der Waals surface area contributed by atoms with Gasteiger partial charge in [-0.3, -0.25) is 15.1 Å². The molecule has 0 aliphatic heterocycles. The van der Waals surface area contributed by atoms with E-state index in [1.165, 1.54) is 30.2 Å². The molecule has 0 saturated heterocycles. The minimum atomic E-state index is -1.12. The summed E-state index contributed by atoms with van der Waals surface area (Å²) in [6.45, 7) is 1.91. The Morgan fingerprint density at radius 1 is 1.24 bits per heavy atom. The topological polar surface area (TPSA) is 104 Å². The van der Waals surface area contributed by atoms with Crippen molar-refractivity contribution in [3.8, 4) is 0 Å². The summed E-state index contributed by atoms with van der Waals surface area (Å²) < 4.78 is 0. The molecule has 0 aliphatic rings. The highest BCUT2D eigenvalue weighted by Gasteiger charge is 2.03. The molecule has 0 unspecified atom stereocenters. The SMILES string of the molecule is CC(=O)Nc1nc(CCCc2ccc(CN=CNC(=O)O)cc2)cs1. The van der Waals surface area contributed by atoms with Crippen LogP contribution in [0.1, 0.15) is 30.2 Å². The molecular weight excluding hydrogens is 340 g/mol. The van der Waals surface area contributed by atoms with Gasteiger partial charge >= 0.3 is 6.09 Å². The number of thiazole rings is 1. The number of hydrogen-bond donors (Lipinski definition) is 3. The molecule has 0 fully saturated rings. The Kier molecular flexibility index (Phi) is 7.09. The Labute approximate surface area is 149 Å². The van der Waals surface area contributed by atoms with Gasteiger partial charge in [-0.15, -0.1) is 11.3 Å². The molecule has 8 heteroatoms. The fraction of sp³-hybridized carbons (Fsp3) is 0.294. The van der Waals surface area contributed by atoms with Crippen LogP contribution in [0.5, 0.6) is 0 Å². The Morgan fingerprint density at radius 2 is 1.96 bits per heavy atom. The normalized spacial score (nSPS) is 10.8. The van der Waals surface area contributed by atoms with E-state index >= 15 is 0 Å². The number of carboxylic acid groups (broad SMARTS) is 1. The van der Waals surface area contributed by atoms with Crippen LogP contribution in [0.2, 0.25) is 0 Å². The number of aromatic nitrogens is 1. The van der Waals surface area contributed by atoms with Crippen LogP contribution < -0.4 is 10.6 Å². The van der Waals surface area contributed by atoms with Gasteiger partial charge in [0.1, 0.15) is 0 Å². The van der Waals surface area contributed by atoms with Crippen LogP contribution in [0.3, 0.4) is 0 Å². The van der Waals surface area contributed by atoms with Crippen molar-refractivity contribution in [2.45, 2.75) is 32.7 Å². The molecule has 2 rings (SSSR count). The van der Waals surface area contributed by atoms with E-state index in [0.717, 1.165) is 30.5 Å². The molecule has 0 radical (unpaired) electrons. The van der Waals surface area contributed by atoms with Gasteiger partial charge in [-0.1, -0.05) is 24.3 Å². The van der Waals surface area contributed by atoms with Crippen LogP contribution in [-0.2, 0) is 24.2 Å². The second kappa shape index (κ2) is 9.53. The predicted molar refractivity (Wildman–Crippen MR) is 98.2 cm³/mol. The fourth-order valence-electron chi connectivity index (χ4n) is 2.17. The first kappa shape index (κ1) is 18.6. The zero-order valence-electron chi connectivity index (χ0n) is 13.9. The first-order valence-corrected chi connectivity index (χ1v) is 8.68. The van der Waals surface area contributed by atoms with Crippen molar-refractivity contribution in [1.82, 2.24) is 10.3 Å². The number of carbonyl (C=O) groups excluding carboxylic acids is 1. The lowest BCUT2D eigenvalue weighted by molar-refractivity contribution is -0.114. The third-order valence-corrected chi connectivity index (χ3v) is 4.12. The second-order valence-corrected chi connectivity index (χ2v) is 6.27. The molecule has 1 heterocycles. The molecule has 2 amide bonds. The van der Waals surface area contributed by atoms with E-state index in [-0.39, 0.29) is 5.91 Å². The monoisotopic (exact) mass is 360 g/mol. The van der Waals surface area contributed by atoms with Crippen molar-refractivity contribution in [2.75, 3.05) is 5.32 Å². The third-order valence-electron chi connectivity index (χ3n) is 3.31. The number of anilines is 1. The van der Waals surface area contributed by atoms with Crippen molar-refractivity contribution in [2.24, 2.45) is 4.99 Å². The molecule has 0 atom stereocenters. The average molecular weight is 360 g/mol. The van der Waals surface area contributed by atoms with Crippen LogP contribution in [0, 0.1) is 0 Å². The summed E-state index contributed by atoms with van der Waals surface area (Å²) in [5, 5.41) is 15.8. The summed E-state index contributed by atoms with van der Waals surface area (Å²) in [5.41, 5.74) is 3.24. The van der Waals surface area contributed by atoms with E-state index in [1.54, 1.807) is 0 Å². The molecular formula is C17H20N4O3S. The second-order valence-electron chi connectivity index (χ2n) is 5.41. The first-order valence-electron chi connectivity index (χ1n) is 7.80. The van der Waals surface area contributed by atoms with Crippen LogP contribution in [0.15, 0.2) is 34.6 Å². The van der Waals surface area contributed by atoms with Gasteiger partial charge in [-0.2, -0.15) is 0 Å². The molecule has 0 spiro atoms. The molecule has 7 nitrogen and oxygen atoms in total. The van der Waals surface area contributed by atoms with Crippen LogP contribution in [0.4, 0.5) is 9.93 Å². The van der Waals surface area contributed by atoms with Crippen LogP contribution in [-0.4, -0.2) is 28.4 Å². The van der Waals surface area contributed by atoms with E-state index in [4.69, 9.17) is 5.11 Å². The Bertz CT molecular complexity index is 741. The van der Waals surface area contributed by atoms with Gasteiger partial charge in [-0.05, 0) is 30.4 Å². The first-order chi connectivity index (χ1) is 12.0. The number of aliphatic imine (C=N–C) groups is 1. The van der Waals surface area contributed by atoms with Crippen molar-refractivity contribution in [3.05, 3.63) is 46.5 Å². The van der Waals surface area contributed by atoms with Gasteiger partial charge < -0.3 is 10.4 Å². The summed E-state index contributed by atoms with van der Waals surface area (Å²) in [7, 11) is 0. The van der Waals surface area contributed by atoms with Crippen LogP contribution in [0.25, 0.3) is 0 Å². The van der Waals surface area contributed by atoms with Crippen molar-refractivity contribution < 1.29 is 14.7 Å². The van der Waals surface area contributed by atoms with E-state index < -0.39 is 6.09 Å². The maximum absolute atomic E-state index is 11.0. The van der Waals surface area contributed by atoms with Gasteiger partial charge in [0.05, 0.1) is 18.6 Å². The average Bonchev–Trinajstić information content (AvgIpc) is 2.99. The number of nitrogens with one attached hydrogen (secondary N) is 2. The third kappa shape index (κ3) is 7.13. The maximum Gasteiger partial charge on any atom is 0.409 e. The smallest absolute Gasteiger partial charge is 0.409 e. The molecule has 1 aromatic carbocycles. The lowest BCUT2D eigenvalue weighted by atomic mass is 10.1. The largest absolute Gasteiger partial charge is 0.465 e. The Hall–Kier alpha value is -2.74. The Balaban J connectivity index is 1.74. The lowest BCUT2D eigenvalue weighted by Gasteiger charge is -2.02. The zero-order valence-corrected chi connectivity index (χ0v) is 14.7. The summed E-state index contributed by atoms with van der Waals surface area (Å²) in [4.78, 5) is 29.6. The number of aryl methyl sites for hydroxylation is 2. The molecule has 1 aromatic heterocycles. The van der Waals surface area contributed by atoms with E-state index in [0.29, 0.717) is 11.7 Å². The van der Waals surface area contributed by atoms with Gasteiger partial charge in [-0.25, -0.2) is 9.78 Å². The van der Waals surface area contributed by atoms with Crippen molar-refractivity contribution in [1.29, 1.82) is 0 Å². The summed E-state index contributed by atoms with van der Waals surface area (Å²) >= 11 is 1.44. The minimum Gasteiger partial charge on any atom is -0.465 e. The number of amides is 2. The standard InChI is InChI=1S/C17H20N4O3S/c1-12(22)20-16-21-15(10-25-16)4-2-3-13-5-7-14(8-6-13)9-18-11-19-17(23)24/h5-8,10-11H,2-4,9H2,1H3,(H,18,19)(H,23,24)(H,20,21,22). The summed E-state index contributed by atoms with van der Waals surface area (Å²) in [5.74, 6) is -0.107. The number of rotatable bonds is 8. The highest BCUT2D eigenvalue weighted by atomic mass is 32.1. The lowest BCUT2D eigenvalue weighted by Crippen LogP contribution is -2.18. The highest BCUT2D eigenvalue weighted by molar-refractivity contribution is 7.13. The number of hydrogen-bond acceptors (Lipinski definition) is 5. The van der Waals surface area contributed by atoms with Gasteiger partial charge in [0.2, 0.25) is 5.91 Å². The Morgan fingerprint density at radius 3 is 2.64 bits per heavy atom. The quantitative estimate of drug-likeness (QED) is 0.497. The van der Waals surface area contributed by atoms with E-state index in [1.807, 2.05) is 17.5 Å². The highest BCUT2D eigenvalue weighted by Crippen LogP contribution is 2.17. The predicted octanol–water partition coefficient (Wildman–Crippen LogP) is 3.07. The van der Waals surface area contributed by atoms with E-state index in [2.05, 4.69) is 32.7 Å². The molecule has 132 valence electrons. The molecule has 25 heavy (non-hydrogen) atoms. The molecule has 3 N–H and O–H groups in total. The molecule has 0 bridgehead atoms. The summed E-state index contributed by atoms with van der Waals surface area (Å²) in [6, 6.07) is 8.09. The molecule has 0 saturated carbocycles. The molecule has 0 aliphatic carbocycles. The minimum absolute atomic E-state index is 0.107. The fourth-order valence-corrected chi connectivity index (χ4v) is 2.96. The molecule has 2 aromatic rings. The van der Waals surface area contributed by atoms with Gasteiger partial charge in [0.25, 0.3) is 0 Å². The summed E-state index contributed by atoms with van der Waals surface area (Å²) in [6.07, 6.45) is 2.84. The van der Waals surface area contributed by atoms with Gasteiger partial charge in [0, 0.05) is 12.3 Å². The van der Waals surface area contributed by atoms with Crippen LogP contribution >= 0.6 is 11.3 Å². The maximum atomic E-state index is 11.0. The number of carbonyl (C=O) groups is 2. The van der Waals surface area contributed by atoms with Gasteiger partial charge in [0.15, 0.2) is 5.13 Å². The number of nitrogens with zero attached hydrogens (tertiary/aromatic N) is 2. The number of benzene rings is 1. The van der Waals surface area contributed by atoms with Crippen molar-refractivity contribution in [3.63, 3.8) is 0 Å². The zero-order chi connectivity index (χ0) is 18.1. The van der Waals surface area contributed by atoms with Crippen molar-refractivity contribution >= 4 is 34.8 Å².